The standard InChI is InChI=1S/C14H18ClNO2/c1-18-13-7-10(3-4-11(13)15)12(17)8-14(9-16)5-2-6-14/h3-4,7H,2,5-6,8-9,16H2,1H3. The van der Waals surface area contributed by atoms with E-state index in [2.05, 4.69) is 0 Å². The molecule has 3 nitrogen and oxygen atoms in total. The van der Waals surface area contributed by atoms with Crippen molar-refractivity contribution in [2.45, 2.75) is 25.7 Å². The van der Waals surface area contributed by atoms with Gasteiger partial charge in [0, 0.05) is 12.0 Å². The Balaban J connectivity index is 2.13. The number of rotatable bonds is 5. The SMILES string of the molecule is COc1cc(C(=O)CC2(CN)CCC2)ccc1Cl. The smallest absolute Gasteiger partial charge is 0.163 e. The van der Waals surface area contributed by atoms with Crippen molar-refractivity contribution < 1.29 is 9.53 Å². The first-order valence-corrected chi connectivity index (χ1v) is 6.55. The highest BCUT2D eigenvalue weighted by Crippen LogP contribution is 2.43. The Kier molecular flexibility index (Phi) is 3.93. The predicted molar refractivity (Wildman–Crippen MR) is 72.3 cm³/mol. The van der Waals surface area contributed by atoms with Crippen molar-refractivity contribution >= 4 is 17.4 Å². The van der Waals surface area contributed by atoms with Crippen LogP contribution in [0.4, 0.5) is 0 Å². The molecule has 0 aliphatic heterocycles. The molecule has 2 N–H and O–H groups in total. The minimum Gasteiger partial charge on any atom is -0.495 e. The number of ketones is 1. The van der Waals surface area contributed by atoms with Crippen LogP contribution in [-0.4, -0.2) is 19.4 Å². The molecule has 0 unspecified atom stereocenters. The van der Waals surface area contributed by atoms with Gasteiger partial charge in [-0.15, -0.1) is 0 Å². The maximum Gasteiger partial charge on any atom is 0.163 e. The van der Waals surface area contributed by atoms with Crippen molar-refractivity contribution in [3.8, 4) is 5.75 Å². The minimum atomic E-state index is 0.0317. The molecule has 0 bridgehead atoms. The van der Waals surface area contributed by atoms with Gasteiger partial charge in [0.25, 0.3) is 0 Å². The summed E-state index contributed by atoms with van der Waals surface area (Å²) < 4.78 is 5.12. The second kappa shape index (κ2) is 5.29. The topological polar surface area (TPSA) is 52.3 Å². The number of Topliss-reactive ketones (excluding diaryl/α,β-unsaturated/α-hetero) is 1. The van der Waals surface area contributed by atoms with E-state index in [1.165, 1.54) is 6.42 Å². The first kappa shape index (κ1) is 13.4. The number of halogens is 1. The first-order valence-electron chi connectivity index (χ1n) is 6.17. The van der Waals surface area contributed by atoms with Crippen LogP contribution in [0, 0.1) is 5.41 Å². The highest BCUT2D eigenvalue weighted by atomic mass is 35.5. The Bertz CT molecular complexity index is 450. The van der Waals surface area contributed by atoms with Gasteiger partial charge in [-0.1, -0.05) is 18.0 Å². The van der Waals surface area contributed by atoms with Gasteiger partial charge in [-0.3, -0.25) is 4.79 Å². The van der Waals surface area contributed by atoms with Crippen LogP contribution in [0.15, 0.2) is 18.2 Å². The summed E-state index contributed by atoms with van der Waals surface area (Å²) in [4.78, 5) is 12.2. The lowest BCUT2D eigenvalue weighted by Crippen LogP contribution is -2.39. The van der Waals surface area contributed by atoms with Crippen LogP contribution in [0.3, 0.4) is 0 Å². The number of carbonyl (C=O) groups is 1. The lowest BCUT2D eigenvalue weighted by Gasteiger charge is -2.40. The normalized spacial score (nSPS) is 17.1. The third-order valence-electron chi connectivity index (χ3n) is 3.86. The van der Waals surface area contributed by atoms with Crippen LogP contribution >= 0.6 is 11.6 Å². The molecule has 1 aromatic rings. The minimum absolute atomic E-state index is 0.0317. The largest absolute Gasteiger partial charge is 0.495 e. The molecule has 1 saturated carbocycles. The Morgan fingerprint density at radius 2 is 2.22 bits per heavy atom. The fourth-order valence-electron chi connectivity index (χ4n) is 2.41. The van der Waals surface area contributed by atoms with Crippen molar-refractivity contribution in [3.05, 3.63) is 28.8 Å². The summed E-state index contributed by atoms with van der Waals surface area (Å²) >= 11 is 5.94. The second-order valence-corrected chi connectivity index (χ2v) is 5.41. The molecule has 0 atom stereocenters. The molecule has 2 rings (SSSR count). The molecule has 98 valence electrons. The van der Waals surface area contributed by atoms with E-state index < -0.39 is 0 Å². The highest BCUT2D eigenvalue weighted by Gasteiger charge is 2.37. The highest BCUT2D eigenvalue weighted by molar-refractivity contribution is 6.32. The van der Waals surface area contributed by atoms with Gasteiger partial charge in [-0.05, 0) is 43.0 Å². The molecular formula is C14H18ClNO2. The molecule has 4 heteroatoms. The fourth-order valence-corrected chi connectivity index (χ4v) is 2.60. The van der Waals surface area contributed by atoms with Gasteiger partial charge < -0.3 is 10.5 Å². The summed E-state index contributed by atoms with van der Waals surface area (Å²) in [6.07, 6.45) is 3.81. The summed E-state index contributed by atoms with van der Waals surface area (Å²) in [5.74, 6) is 0.660. The first-order chi connectivity index (χ1) is 8.60. The lowest BCUT2D eigenvalue weighted by atomic mass is 9.65. The molecule has 1 aliphatic rings. The molecule has 0 amide bonds. The molecule has 1 aromatic carbocycles. The molecule has 1 aliphatic carbocycles. The van der Waals surface area contributed by atoms with Crippen LogP contribution in [0.1, 0.15) is 36.0 Å². The quantitative estimate of drug-likeness (QED) is 0.835. The van der Waals surface area contributed by atoms with Gasteiger partial charge in [-0.25, -0.2) is 0 Å². The van der Waals surface area contributed by atoms with E-state index in [1.54, 1.807) is 25.3 Å². The summed E-state index contributed by atoms with van der Waals surface area (Å²) in [6.45, 7) is 0.587. The lowest BCUT2D eigenvalue weighted by molar-refractivity contribution is 0.0785. The van der Waals surface area contributed by atoms with Crippen LogP contribution in [0.5, 0.6) is 5.75 Å². The summed E-state index contributed by atoms with van der Waals surface area (Å²) in [5, 5.41) is 0.520. The van der Waals surface area contributed by atoms with Gasteiger partial charge in [0.1, 0.15) is 5.75 Å². The molecular weight excluding hydrogens is 250 g/mol. The average molecular weight is 268 g/mol. The number of benzene rings is 1. The Labute approximate surface area is 112 Å². The number of methoxy groups -OCH3 is 1. The molecule has 0 radical (unpaired) electrons. The summed E-state index contributed by atoms with van der Waals surface area (Å²) in [5.41, 5.74) is 6.46. The number of hydrogen-bond donors (Lipinski definition) is 1. The van der Waals surface area contributed by atoms with E-state index in [0.29, 0.717) is 29.3 Å². The molecule has 1 fully saturated rings. The molecule has 0 heterocycles. The Morgan fingerprint density at radius 1 is 1.50 bits per heavy atom. The van der Waals surface area contributed by atoms with Gasteiger partial charge in [0.05, 0.1) is 12.1 Å². The maximum absolute atomic E-state index is 12.2. The molecule has 0 aromatic heterocycles. The van der Waals surface area contributed by atoms with E-state index in [-0.39, 0.29) is 11.2 Å². The van der Waals surface area contributed by atoms with E-state index >= 15 is 0 Å². The third-order valence-corrected chi connectivity index (χ3v) is 4.17. The third kappa shape index (κ3) is 2.52. The zero-order valence-corrected chi connectivity index (χ0v) is 11.3. The maximum atomic E-state index is 12.2. The van der Waals surface area contributed by atoms with Gasteiger partial charge >= 0.3 is 0 Å². The van der Waals surface area contributed by atoms with Crippen LogP contribution in [0.25, 0.3) is 0 Å². The van der Waals surface area contributed by atoms with Gasteiger partial charge in [0.15, 0.2) is 5.78 Å². The van der Waals surface area contributed by atoms with E-state index in [9.17, 15) is 4.79 Å². The van der Waals surface area contributed by atoms with E-state index in [0.717, 1.165) is 12.8 Å². The molecule has 18 heavy (non-hydrogen) atoms. The number of ether oxygens (including phenoxy) is 1. The number of carbonyl (C=O) groups excluding carboxylic acids is 1. The molecule has 0 spiro atoms. The fraction of sp³-hybridized carbons (Fsp3) is 0.500. The summed E-state index contributed by atoms with van der Waals surface area (Å²) in [7, 11) is 1.54. The monoisotopic (exact) mass is 267 g/mol. The van der Waals surface area contributed by atoms with Crippen molar-refractivity contribution in [2.24, 2.45) is 11.1 Å². The Morgan fingerprint density at radius 3 is 2.72 bits per heavy atom. The van der Waals surface area contributed by atoms with Crippen molar-refractivity contribution in [2.75, 3.05) is 13.7 Å². The van der Waals surface area contributed by atoms with Crippen molar-refractivity contribution in [3.63, 3.8) is 0 Å². The zero-order chi connectivity index (χ0) is 13.2. The van der Waals surface area contributed by atoms with E-state index in [4.69, 9.17) is 22.1 Å². The second-order valence-electron chi connectivity index (χ2n) is 5.01. The van der Waals surface area contributed by atoms with E-state index in [1.807, 2.05) is 0 Å². The van der Waals surface area contributed by atoms with Crippen LogP contribution in [0.2, 0.25) is 5.02 Å². The van der Waals surface area contributed by atoms with Crippen LogP contribution in [-0.2, 0) is 0 Å². The van der Waals surface area contributed by atoms with Crippen molar-refractivity contribution in [1.29, 1.82) is 0 Å². The van der Waals surface area contributed by atoms with Crippen LogP contribution < -0.4 is 10.5 Å². The number of nitrogens with two attached hydrogens (primary N) is 1. The summed E-state index contributed by atoms with van der Waals surface area (Å²) in [6, 6.07) is 5.15. The van der Waals surface area contributed by atoms with Gasteiger partial charge in [0.2, 0.25) is 0 Å². The van der Waals surface area contributed by atoms with Gasteiger partial charge in [-0.2, -0.15) is 0 Å². The molecule has 0 saturated heterocycles. The predicted octanol–water partition coefficient (Wildman–Crippen LogP) is 3.05. The zero-order valence-electron chi connectivity index (χ0n) is 10.5. The Hall–Kier alpha value is -1.06. The average Bonchev–Trinajstić information content (AvgIpc) is 2.34. The van der Waals surface area contributed by atoms with Crippen molar-refractivity contribution in [1.82, 2.24) is 0 Å². The number of hydrogen-bond acceptors (Lipinski definition) is 3.